The van der Waals surface area contributed by atoms with Gasteiger partial charge in [-0.2, -0.15) is 0 Å². The Morgan fingerprint density at radius 3 is 2.15 bits per heavy atom. The van der Waals surface area contributed by atoms with Gasteiger partial charge in [-0.25, -0.2) is 4.79 Å². The van der Waals surface area contributed by atoms with Crippen LogP contribution in [0.5, 0.6) is 0 Å². The van der Waals surface area contributed by atoms with E-state index in [-0.39, 0.29) is 24.3 Å². The number of nitrogens with zero attached hydrogens (tertiary/aromatic N) is 1. The number of aliphatic hydroxyl groups is 1. The number of hydrogen-bond acceptors (Lipinski definition) is 6. The number of unbranched alkanes of at least 4 members (excludes halogenated alkanes) is 1. The van der Waals surface area contributed by atoms with Crippen LogP contribution >= 0.6 is 0 Å². The van der Waals surface area contributed by atoms with Crippen LogP contribution in [-0.4, -0.2) is 59.7 Å². The molecule has 0 aliphatic heterocycles. The number of anilines is 1. The maximum Gasteiger partial charge on any atom is 0.415 e. The van der Waals surface area contributed by atoms with Crippen LogP contribution in [0.3, 0.4) is 0 Å². The van der Waals surface area contributed by atoms with E-state index in [1.54, 1.807) is 19.1 Å². The molecule has 3 aromatic carbocycles. The highest BCUT2D eigenvalue weighted by Crippen LogP contribution is 2.29. The summed E-state index contributed by atoms with van der Waals surface area (Å²) in [5.74, 6) is -0.806. The van der Waals surface area contributed by atoms with E-state index in [1.807, 2.05) is 108 Å². The Kier molecular flexibility index (Phi) is 17.5. The van der Waals surface area contributed by atoms with Crippen LogP contribution < -0.4 is 20.9 Å². The smallest absolute Gasteiger partial charge is 0.415 e. The Morgan fingerprint density at radius 1 is 0.811 bits per heavy atom. The first kappa shape index (κ1) is 42.7. The van der Waals surface area contributed by atoms with Crippen molar-refractivity contribution >= 4 is 40.3 Å². The second-order valence-electron chi connectivity index (χ2n) is 14.6. The number of aliphatic hydroxyl groups excluding tert-OH is 1. The van der Waals surface area contributed by atoms with Gasteiger partial charge < -0.3 is 25.8 Å². The van der Waals surface area contributed by atoms with Gasteiger partial charge in [0.25, 0.3) is 0 Å². The summed E-state index contributed by atoms with van der Waals surface area (Å²) >= 11 is 0. The van der Waals surface area contributed by atoms with E-state index >= 15 is 0 Å². The van der Waals surface area contributed by atoms with Crippen LogP contribution in [0.25, 0.3) is 10.8 Å². The van der Waals surface area contributed by atoms with E-state index in [2.05, 4.69) is 16.0 Å². The maximum atomic E-state index is 14.1. The molecular weight excluding hydrogens is 668 g/mol. The van der Waals surface area contributed by atoms with Gasteiger partial charge in [0.15, 0.2) is 0 Å². The highest BCUT2D eigenvalue weighted by atomic mass is 16.6. The molecule has 0 bridgehead atoms. The number of amides is 4. The van der Waals surface area contributed by atoms with E-state index in [0.29, 0.717) is 49.9 Å². The Balaban J connectivity index is 1.89. The Bertz CT molecular complexity index is 1650. The first-order chi connectivity index (χ1) is 25.4. The normalized spacial score (nSPS) is 14.0. The summed E-state index contributed by atoms with van der Waals surface area (Å²) in [6.07, 6.45) is 3.17. The van der Waals surface area contributed by atoms with Gasteiger partial charge in [0, 0.05) is 17.5 Å². The first-order valence-electron chi connectivity index (χ1n) is 19.1. The van der Waals surface area contributed by atoms with Crippen molar-refractivity contribution in [2.45, 2.75) is 118 Å². The van der Waals surface area contributed by atoms with Gasteiger partial charge in [-0.05, 0) is 61.1 Å². The largest absolute Gasteiger partial charge is 0.444 e. The summed E-state index contributed by atoms with van der Waals surface area (Å²) in [5.41, 5.74) is 1.78. The van der Waals surface area contributed by atoms with Gasteiger partial charge in [0.2, 0.25) is 17.7 Å². The van der Waals surface area contributed by atoms with Crippen LogP contribution in [0, 0.1) is 11.8 Å². The van der Waals surface area contributed by atoms with Gasteiger partial charge in [0.1, 0.15) is 18.7 Å². The zero-order chi connectivity index (χ0) is 38.9. The molecule has 4 atom stereocenters. The fraction of sp³-hybridized carbons (Fsp3) is 0.488. The van der Waals surface area contributed by atoms with Gasteiger partial charge in [-0.1, -0.05) is 128 Å². The summed E-state index contributed by atoms with van der Waals surface area (Å²) in [7, 11) is 0. The summed E-state index contributed by atoms with van der Waals surface area (Å²) in [5, 5.41) is 21.9. The van der Waals surface area contributed by atoms with E-state index in [9.17, 15) is 24.3 Å². The zero-order valence-electron chi connectivity index (χ0n) is 32.6. The van der Waals surface area contributed by atoms with Gasteiger partial charge >= 0.3 is 6.09 Å². The molecule has 0 saturated heterocycles. The Hall–Kier alpha value is -4.70. The molecule has 3 aromatic rings. The van der Waals surface area contributed by atoms with Crippen LogP contribution in [-0.2, 0) is 25.7 Å². The fourth-order valence-electron chi connectivity index (χ4n) is 6.11. The molecule has 0 saturated carbocycles. The molecule has 3 rings (SSSR count). The maximum absolute atomic E-state index is 14.1. The van der Waals surface area contributed by atoms with Gasteiger partial charge in [-0.3, -0.25) is 19.3 Å². The van der Waals surface area contributed by atoms with Crippen molar-refractivity contribution in [1.29, 1.82) is 0 Å². The molecule has 4 N–H and O–H groups in total. The summed E-state index contributed by atoms with van der Waals surface area (Å²) in [6.45, 7) is 14.1. The minimum absolute atomic E-state index is 0.0180. The zero-order valence-corrected chi connectivity index (χ0v) is 32.6. The molecule has 10 nitrogen and oxygen atoms in total. The lowest BCUT2D eigenvalue weighted by molar-refractivity contribution is -0.130. The van der Waals surface area contributed by atoms with E-state index in [1.165, 1.54) is 4.90 Å². The molecule has 0 aromatic heterocycles. The number of benzene rings is 3. The quantitative estimate of drug-likeness (QED) is 0.0894. The fourth-order valence-corrected chi connectivity index (χ4v) is 6.11. The monoisotopic (exact) mass is 728 g/mol. The predicted molar refractivity (Wildman–Crippen MR) is 212 cm³/mol. The molecular formula is C43H60N4O6. The minimum atomic E-state index is -1.13. The molecule has 0 fully saturated rings. The lowest BCUT2D eigenvalue weighted by atomic mass is 9.95. The van der Waals surface area contributed by atoms with E-state index in [4.69, 9.17) is 4.74 Å². The number of rotatable bonds is 20. The third kappa shape index (κ3) is 13.3. The predicted octanol–water partition coefficient (Wildman–Crippen LogP) is 7.44. The van der Waals surface area contributed by atoms with Crippen molar-refractivity contribution in [3.8, 4) is 0 Å². The lowest BCUT2D eigenvalue weighted by Crippen LogP contribution is -2.56. The second-order valence-corrected chi connectivity index (χ2v) is 14.6. The van der Waals surface area contributed by atoms with Crippen molar-refractivity contribution < 1.29 is 29.0 Å². The third-order valence-electron chi connectivity index (χ3n) is 8.99. The average molecular weight is 729 g/mol. The van der Waals surface area contributed by atoms with Crippen molar-refractivity contribution in [3.05, 3.63) is 90.0 Å². The molecule has 288 valence electrons. The standard InChI is InChI=1S/C43H60N4O6/c1-8-10-23-36(42(51)46-37(25-29(3)4)39(48)26-34(17-9-2)41(50)44-27-30(5)6)45-40(49)31(7)47(43(52)53-28-32-18-12-11-13-19-32)38-24-16-21-33-20-14-15-22-35(33)38/h11-16,18-22,24,26,29-31,36-37,39,48H,8-10,17,23,25,27-28H2,1-7H3,(H,44,50)(H,45,49)(H,46,51)/t31-,36-,37-,39-/m0/s1. The third-order valence-corrected chi connectivity index (χ3v) is 8.99. The summed E-state index contributed by atoms with van der Waals surface area (Å²) in [4.78, 5) is 56.3. The second kappa shape index (κ2) is 21.7. The van der Waals surface area contributed by atoms with Gasteiger partial charge in [0.05, 0.1) is 17.8 Å². The molecule has 0 heterocycles. The average Bonchev–Trinajstić information content (AvgIpc) is 3.14. The summed E-state index contributed by atoms with van der Waals surface area (Å²) < 4.78 is 5.76. The molecule has 10 heteroatoms. The first-order valence-corrected chi connectivity index (χ1v) is 19.1. The number of carbonyl (C=O) groups excluding carboxylic acids is 4. The molecule has 0 spiro atoms. The lowest BCUT2D eigenvalue weighted by Gasteiger charge is -2.31. The van der Waals surface area contributed by atoms with Crippen molar-refractivity contribution in [1.82, 2.24) is 16.0 Å². The highest BCUT2D eigenvalue weighted by molar-refractivity contribution is 6.06. The molecule has 0 unspecified atom stereocenters. The molecule has 53 heavy (non-hydrogen) atoms. The van der Waals surface area contributed by atoms with Crippen LogP contribution in [0.4, 0.5) is 10.5 Å². The Labute approximate surface area is 315 Å². The van der Waals surface area contributed by atoms with E-state index in [0.717, 1.165) is 22.8 Å². The number of carbonyl (C=O) groups is 4. The number of fused-ring (bicyclic) bond motifs is 1. The molecule has 0 radical (unpaired) electrons. The SMILES string of the molecule is CCCC[C@H](NC(=O)[C@H](C)N(C(=O)OCc1ccccc1)c1cccc2ccccc12)C(=O)N[C@@H](CC(C)C)[C@@H](O)C=C(CCC)C(=O)NCC(C)C. The van der Waals surface area contributed by atoms with Crippen molar-refractivity contribution in [3.63, 3.8) is 0 Å². The van der Waals surface area contributed by atoms with Crippen LogP contribution in [0.15, 0.2) is 84.4 Å². The van der Waals surface area contributed by atoms with Crippen molar-refractivity contribution in [2.75, 3.05) is 11.4 Å². The summed E-state index contributed by atoms with van der Waals surface area (Å²) in [6, 6.07) is 19.8. The molecule has 0 aliphatic carbocycles. The molecule has 4 amide bonds. The highest BCUT2D eigenvalue weighted by Gasteiger charge is 2.33. The topological polar surface area (TPSA) is 137 Å². The van der Waals surface area contributed by atoms with Crippen molar-refractivity contribution in [2.24, 2.45) is 11.8 Å². The number of ether oxygens (including phenoxy) is 1. The number of hydrogen-bond donors (Lipinski definition) is 4. The molecule has 0 aliphatic rings. The van der Waals surface area contributed by atoms with Gasteiger partial charge in [-0.15, -0.1) is 0 Å². The van der Waals surface area contributed by atoms with Crippen LogP contribution in [0.2, 0.25) is 0 Å². The minimum Gasteiger partial charge on any atom is -0.444 e. The number of nitrogens with one attached hydrogen (secondary N) is 3. The Morgan fingerprint density at radius 2 is 1.49 bits per heavy atom. The van der Waals surface area contributed by atoms with E-state index < -0.39 is 42.1 Å². The van der Waals surface area contributed by atoms with Crippen LogP contribution in [0.1, 0.15) is 92.6 Å².